The van der Waals surface area contributed by atoms with Crippen molar-refractivity contribution in [3.05, 3.63) is 30.1 Å². The van der Waals surface area contributed by atoms with E-state index in [9.17, 15) is 4.79 Å². The van der Waals surface area contributed by atoms with E-state index in [-0.39, 0.29) is 18.4 Å². The van der Waals surface area contributed by atoms with Crippen LogP contribution >= 0.6 is 12.4 Å². The summed E-state index contributed by atoms with van der Waals surface area (Å²) in [5.74, 6) is -0.283. The number of carbonyl (C=O) groups is 1. The largest absolute Gasteiger partial charge is 0.462 e. The number of aromatic nitrogens is 1. The number of halogens is 1. The van der Waals surface area contributed by atoms with Crippen molar-refractivity contribution >= 4 is 18.4 Å². The van der Waals surface area contributed by atoms with E-state index in [4.69, 9.17) is 4.74 Å². The molecule has 5 heteroatoms. The zero-order valence-corrected chi connectivity index (χ0v) is 11.1. The van der Waals surface area contributed by atoms with Gasteiger partial charge in [-0.3, -0.25) is 4.98 Å². The van der Waals surface area contributed by atoms with Crippen LogP contribution in [-0.4, -0.2) is 30.1 Å². The number of hydrogen-bond donors (Lipinski definition) is 1. The number of piperidine rings is 1. The lowest BCUT2D eigenvalue weighted by Gasteiger charge is -2.23. The number of pyridine rings is 1. The molecular weight excluding hydrogens is 252 g/mol. The molecule has 100 valence electrons. The van der Waals surface area contributed by atoms with Gasteiger partial charge in [-0.2, -0.15) is 0 Å². The Morgan fingerprint density at radius 2 is 2.39 bits per heavy atom. The average molecular weight is 271 g/mol. The predicted molar refractivity (Wildman–Crippen MR) is 72.0 cm³/mol. The minimum atomic E-state index is -0.283. The molecule has 0 amide bonds. The summed E-state index contributed by atoms with van der Waals surface area (Å²) >= 11 is 0. The number of carbonyl (C=O) groups excluding carboxylic acids is 1. The maximum absolute atomic E-state index is 11.6. The number of ether oxygens (including phenoxy) is 1. The Morgan fingerprint density at radius 1 is 1.50 bits per heavy atom. The fourth-order valence-electron chi connectivity index (χ4n) is 2.03. The second kappa shape index (κ2) is 8.06. The van der Waals surface area contributed by atoms with E-state index >= 15 is 0 Å². The Balaban J connectivity index is 0.00000162. The van der Waals surface area contributed by atoms with Crippen molar-refractivity contribution in [1.29, 1.82) is 0 Å². The number of hydrogen-bond acceptors (Lipinski definition) is 4. The molecule has 0 saturated carbocycles. The normalized spacial score (nSPS) is 18.8. The number of rotatable bonds is 4. The highest BCUT2D eigenvalue weighted by atomic mass is 35.5. The molecule has 2 heterocycles. The monoisotopic (exact) mass is 270 g/mol. The molecule has 2 rings (SSSR count). The fourth-order valence-corrected chi connectivity index (χ4v) is 2.03. The molecule has 1 aliphatic heterocycles. The van der Waals surface area contributed by atoms with E-state index < -0.39 is 0 Å². The second-order valence-electron chi connectivity index (χ2n) is 4.31. The molecule has 1 atom stereocenters. The molecule has 0 bridgehead atoms. The summed E-state index contributed by atoms with van der Waals surface area (Å²) in [6.07, 6.45) is 7.78. The molecule has 0 spiro atoms. The minimum Gasteiger partial charge on any atom is -0.462 e. The van der Waals surface area contributed by atoms with Crippen molar-refractivity contribution < 1.29 is 9.53 Å². The number of nitrogens with zero attached hydrogens (tertiary/aromatic N) is 1. The third-order valence-electron chi connectivity index (χ3n) is 3.01. The van der Waals surface area contributed by atoms with Crippen LogP contribution < -0.4 is 5.32 Å². The Kier molecular flexibility index (Phi) is 6.68. The lowest BCUT2D eigenvalue weighted by molar-refractivity contribution is 0.0485. The van der Waals surface area contributed by atoms with Gasteiger partial charge < -0.3 is 10.1 Å². The molecule has 1 N–H and O–H groups in total. The average Bonchev–Trinajstić information content (AvgIpc) is 2.41. The highest BCUT2D eigenvalue weighted by molar-refractivity contribution is 5.88. The predicted octanol–water partition coefficient (Wildman–Crippen LogP) is 2.19. The van der Waals surface area contributed by atoms with Gasteiger partial charge in [-0.15, -0.1) is 12.4 Å². The third kappa shape index (κ3) is 4.63. The van der Waals surface area contributed by atoms with Crippen LogP contribution in [-0.2, 0) is 4.74 Å². The summed E-state index contributed by atoms with van der Waals surface area (Å²) < 4.78 is 5.21. The van der Waals surface area contributed by atoms with Crippen LogP contribution in [0.15, 0.2) is 24.5 Å². The van der Waals surface area contributed by atoms with Gasteiger partial charge in [-0.05, 0) is 37.9 Å². The molecule has 0 radical (unpaired) electrons. The van der Waals surface area contributed by atoms with Crippen molar-refractivity contribution in [2.24, 2.45) is 0 Å². The van der Waals surface area contributed by atoms with Crippen LogP contribution in [0.3, 0.4) is 0 Å². The first kappa shape index (κ1) is 14.9. The SMILES string of the molecule is Cl.O=C(OCCC1CCCCN1)c1cccnc1. The summed E-state index contributed by atoms with van der Waals surface area (Å²) in [5, 5.41) is 3.43. The van der Waals surface area contributed by atoms with Gasteiger partial charge in [0.2, 0.25) is 0 Å². The van der Waals surface area contributed by atoms with Gasteiger partial charge in [0.05, 0.1) is 12.2 Å². The number of nitrogens with one attached hydrogen (secondary N) is 1. The molecule has 4 nitrogen and oxygen atoms in total. The summed E-state index contributed by atoms with van der Waals surface area (Å²) in [4.78, 5) is 15.5. The first-order valence-corrected chi connectivity index (χ1v) is 6.17. The van der Waals surface area contributed by atoms with Crippen molar-refractivity contribution in [3.8, 4) is 0 Å². The van der Waals surface area contributed by atoms with Crippen molar-refractivity contribution in [2.45, 2.75) is 31.7 Å². The van der Waals surface area contributed by atoms with Crippen LogP contribution in [0.25, 0.3) is 0 Å². The second-order valence-corrected chi connectivity index (χ2v) is 4.31. The maximum Gasteiger partial charge on any atom is 0.339 e. The topological polar surface area (TPSA) is 51.2 Å². The lowest BCUT2D eigenvalue weighted by Crippen LogP contribution is -2.35. The summed E-state index contributed by atoms with van der Waals surface area (Å²) in [6.45, 7) is 1.56. The zero-order valence-electron chi connectivity index (χ0n) is 10.3. The molecule has 1 unspecified atom stereocenters. The van der Waals surface area contributed by atoms with Gasteiger partial charge in [-0.1, -0.05) is 6.42 Å². The smallest absolute Gasteiger partial charge is 0.339 e. The molecule has 0 aromatic carbocycles. The number of esters is 1. The van der Waals surface area contributed by atoms with Gasteiger partial charge in [-0.25, -0.2) is 4.79 Å². The van der Waals surface area contributed by atoms with Crippen LogP contribution in [0, 0.1) is 0 Å². The minimum absolute atomic E-state index is 0. The quantitative estimate of drug-likeness (QED) is 0.852. The van der Waals surface area contributed by atoms with Gasteiger partial charge >= 0.3 is 5.97 Å². The Labute approximate surface area is 114 Å². The van der Waals surface area contributed by atoms with Crippen molar-refractivity contribution in [3.63, 3.8) is 0 Å². The van der Waals surface area contributed by atoms with Crippen molar-refractivity contribution in [2.75, 3.05) is 13.2 Å². The molecule has 1 saturated heterocycles. The lowest BCUT2D eigenvalue weighted by atomic mass is 10.0. The summed E-state index contributed by atoms with van der Waals surface area (Å²) in [7, 11) is 0. The van der Waals surface area contributed by atoms with Gasteiger partial charge in [0.25, 0.3) is 0 Å². The highest BCUT2D eigenvalue weighted by Gasteiger charge is 2.13. The molecule has 1 aliphatic rings. The highest BCUT2D eigenvalue weighted by Crippen LogP contribution is 2.10. The maximum atomic E-state index is 11.6. The molecule has 1 aromatic heterocycles. The van der Waals surface area contributed by atoms with Gasteiger partial charge in [0.1, 0.15) is 0 Å². The van der Waals surface area contributed by atoms with E-state index in [0.29, 0.717) is 18.2 Å². The first-order chi connectivity index (χ1) is 8.36. The third-order valence-corrected chi connectivity index (χ3v) is 3.01. The van der Waals surface area contributed by atoms with Gasteiger partial charge in [0, 0.05) is 18.4 Å². The van der Waals surface area contributed by atoms with Crippen LogP contribution in [0.4, 0.5) is 0 Å². The molecular formula is C13H19ClN2O2. The van der Waals surface area contributed by atoms with E-state index in [2.05, 4.69) is 10.3 Å². The standard InChI is InChI=1S/C13H18N2O2.ClH/c16-13(11-4-3-7-14-10-11)17-9-6-12-5-1-2-8-15-12;/h3-4,7,10,12,15H,1-2,5-6,8-9H2;1H. The van der Waals surface area contributed by atoms with E-state index in [1.54, 1.807) is 18.3 Å². The Morgan fingerprint density at radius 3 is 3.06 bits per heavy atom. The van der Waals surface area contributed by atoms with Crippen molar-refractivity contribution in [1.82, 2.24) is 10.3 Å². The molecule has 18 heavy (non-hydrogen) atoms. The summed E-state index contributed by atoms with van der Waals surface area (Å²) in [6, 6.07) is 3.96. The van der Waals surface area contributed by atoms with E-state index in [0.717, 1.165) is 13.0 Å². The fraction of sp³-hybridized carbons (Fsp3) is 0.538. The zero-order chi connectivity index (χ0) is 11.9. The van der Waals surface area contributed by atoms with Crippen LogP contribution in [0.1, 0.15) is 36.0 Å². The molecule has 1 fully saturated rings. The first-order valence-electron chi connectivity index (χ1n) is 6.17. The van der Waals surface area contributed by atoms with Crippen LogP contribution in [0.2, 0.25) is 0 Å². The molecule has 1 aromatic rings. The molecule has 0 aliphatic carbocycles. The Hall–Kier alpha value is -1.13. The summed E-state index contributed by atoms with van der Waals surface area (Å²) in [5.41, 5.74) is 0.518. The van der Waals surface area contributed by atoms with E-state index in [1.165, 1.54) is 25.5 Å². The van der Waals surface area contributed by atoms with Crippen LogP contribution in [0.5, 0.6) is 0 Å². The Bertz CT molecular complexity index is 353. The van der Waals surface area contributed by atoms with E-state index in [1.807, 2.05) is 0 Å². The van der Waals surface area contributed by atoms with Gasteiger partial charge in [0.15, 0.2) is 0 Å².